The summed E-state index contributed by atoms with van der Waals surface area (Å²) in [5, 5.41) is 4.81. The van der Waals surface area contributed by atoms with Crippen LogP contribution in [-0.2, 0) is 7.05 Å². The number of hydrogen-bond donors (Lipinski definition) is 3. The molecule has 0 radical (unpaired) electrons. The van der Waals surface area contributed by atoms with Crippen molar-refractivity contribution < 1.29 is 27.6 Å². The number of primary amides is 1. The Morgan fingerprint density at radius 1 is 0.933 bits per heavy atom. The minimum atomic E-state index is -1.34. The molecule has 4 N–H and O–H groups in total. The molecule has 2 aromatic carbocycles. The van der Waals surface area contributed by atoms with Gasteiger partial charge in [0.15, 0.2) is 5.69 Å². The summed E-state index contributed by atoms with van der Waals surface area (Å²) in [6.07, 6.45) is 1.27. The number of aryl methyl sites for hydroxylation is 1. The lowest BCUT2D eigenvalue weighted by molar-refractivity contribution is 0.0970. The standard InChI is InChI=1S/C19H14F3N5O3/c1-27-8-24-15(17(23)28)16(27)19(30)26-11-4-2-10(3-5-11)25-18(29)14-12(21)6-9(20)7-13(14)22/h2-8H,1H3,(H2,23,28)(H,25,29)(H,26,30). The molecule has 0 saturated heterocycles. The Hall–Kier alpha value is -4.15. The lowest BCUT2D eigenvalue weighted by Gasteiger charge is -2.10. The van der Waals surface area contributed by atoms with E-state index in [0.29, 0.717) is 17.8 Å². The van der Waals surface area contributed by atoms with Gasteiger partial charge < -0.3 is 20.9 Å². The van der Waals surface area contributed by atoms with Crippen LogP contribution in [0.25, 0.3) is 0 Å². The smallest absolute Gasteiger partial charge is 0.274 e. The molecular formula is C19H14F3N5O3. The van der Waals surface area contributed by atoms with E-state index < -0.39 is 40.7 Å². The molecule has 0 aliphatic carbocycles. The van der Waals surface area contributed by atoms with Gasteiger partial charge in [-0.15, -0.1) is 0 Å². The second-order valence-corrected chi connectivity index (χ2v) is 6.15. The molecule has 0 atom stereocenters. The summed E-state index contributed by atoms with van der Waals surface area (Å²) < 4.78 is 41.7. The number of halogens is 3. The maximum Gasteiger partial charge on any atom is 0.274 e. The third-order valence-corrected chi connectivity index (χ3v) is 4.02. The van der Waals surface area contributed by atoms with E-state index in [0.717, 1.165) is 0 Å². The summed E-state index contributed by atoms with van der Waals surface area (Å²) in [5.41, 5.74) is 4.50. The van der Waals surface area contributed by atoms with Crippen LogP contribution in [0.4, 0.5) is 24.5 Å². The van der Waals surface area contributed by atoms with Gasteiger partial charge in [0.05, 0.1) is 6.33 Å². The van der Waals surface area contributed by atoms with E-state index >= 15 is 0 Å². The lowest BCUT2D eigenvalue weighted by atomic mass is 10.1. The molecule has 154 valence electrons. The van der Waals surface area contributed by atoms with Crippen molar-refractivity contribution in [2.24, 2.45) is 12.8 Å². The SMILES string of the molecule is Cn1cnc(C(N)=O)c1C(=O)Nc1ccc(NC(=O)c2c(F)cc(F)cc2F)cc1. The molecule has 0 unspecified atom stereocenters. The highest BCUT2D eigenvalue weighted by Crippen LogP contribution is 2.19. The fraction of sp³-hybridized carbons (Fsp3) is 0.0526. The molecule has 3 amide bonds. The van der Waals surface area contributed by atoms with Crippen LogP contribution in [0, 0.1) is 17.5 Å². The summed E-state index contributed by atoms with van der Waals surface area (Å²) in [6, 6.07) is 6.34. The summed E-state index contributed by atoms with van der Waals surface area (Å²) in [4.78, 5) is 39.6. The van der Waals surface area contributed by atoms with Gasteiger partial charge in [-0.1, -0.05) is 0 Å². The molecule has 0 fully saturated rings. The summed E-state index contributed by atoms with van der Waals surface area (Å²) in [7, 11) is 1.51. The fourth-order valence-electron chi connectivity index (χ4n) is 2.66. The number of nitrogens with two attached hydrogens (primary N) is 1. The maximum absolute atomic E-state index is 13.7. The van der Waals surface area contributed by atoms with Crippen molar-refractivity contribution in [2.75, 3.05) is 10.6 Å². The van der Waals surface area contributed by atoms with Crippen molar-refractivity contribution in [3.63, 3.8) is 0 Å². The zero-order valence-corrected chi connectivity index (χ0v) is 15.4. The first-order chi connectivity index (χ1) is 14.2. The number of nitrogens with zero attached hydrogens (tertiary/aromatic N) is 2. The number of hydrogen-bond acceptors (Lipinski definition) is 4. The first-order valence-electron chi connectivity index (χ1n) is 8.35. The predicted octanol–water partition coefficient (Wildman–Crippen LogP) is 2.44. The predicted molar refractivity (Wildman–Crippen MR) is 100 cm³/mol. The fourth-order valence-corrected chi connectivity index (χ4v) is 2.66. The van der Waals surface area contributed by atoms with Crippen molar-refractivity contribution in [2.45, 2.75) is 0 Å². The molecule has 0 spiro atoms. The first kappa shape index (κ1) is 20.6. The Morgan fingerprint density at radius 2 is 1.43 bits per heavy atom. The highest BCUT2D eigenvalue weighted by Gasteiger charge is 2.21. The molecule has 1 aromatic heterocycles. The summed E-state index contributed by atoms with van der Waals surface area (Å²) in [6.45, 7) is 0. The molecule has 0 aliphatic heterocycles. The highest BCUT2D eigenvalue weighted by atomic mass is 19.1. The number of anilines is 2. The Labute approximate surface area is 167 Å². The Balaban J connectivity index is 1.73. The van der Waals surface area contributed by atoms with E-state index in [1.54, 1.807) is 0 Å². The van der Waals surface area contributed by atoms with Crippen LogP contribution in [0.5, 0.6) is 0 Å². The van der Waals surface area contributed by atoms with E-state index in [1.807, 2.05) is 0 Å². The second-order valence-electron chi connectivity index (χ2n) is 6.15. The number of benzene rings is 2. The zero-order valence-electron chi connectivity index (χ0n) is 15.4. The largest absolute Gasteiger partial charge is 0.364 e. The van der Waals surface area contributed by atoms with Crippen LogP contribution in [0.15, 0.2) is 42.7 Å². The number of nitrogens with one attached hydrogen (secondary N) is 2. The summed E-state index contributed by atoms with van der Waals surface area (Å²) in [5.74, 6) is -6.43. The van der Waals surface area contributed by atoms with Gasteiger partial charge in [0.25, 0.3) is 17.7 Å². The number of imidazole rings is 1. The zero-order chi connectivity index (χ0) is 22.0. The molecular weight excluding hydrogens is 403 g/mol. The van der Waals surface area contributed by atoms with E-state index in [2.05, 4.69) is 15.6 Å². The number of rotatable bonds is 5. The number of aromatic nitrogens is 2. The van der Waals surface area contributed by atoms with Gasteiger partial charge in [-0.3, -0.25) is 14.4 Å². The minimum absolute atomic E-state index is 0.0397. The highest BCUT2D eigenvalue weighted by molar-refractivity contribution is 6.10. The van der Waals surface area contributed by atoms with Crippen LogP contribution in [0.2, 0.25) is 0 Å². The van der Waals surface area contributed by atoms with E-state index in [-0.39, 0.29) is 17.1 Å². The van der Waals surface area contributed by atoms with Crippen molar-refractivity contribution in [1.82, 2.24) is 9.55 Å². The van der Waals surface area contributed by atoms with Crippen molar-refractivity contribution in [3.05, 3.63) is 77.1 Å². The van der Waals surface area contributed by atoms with Gasteiger partial charge in [0.2, 0.25) is 0 Å². The van der Waals surface area contributed by atoms with E-state index in [1.165, 1.54) is 42.2 Å². The third-order valence-electron chi connectivity index (χ3n) is 4.02. The van der Waals surface area contributed by atoms with E-state index in [9.17, 15) is 27.6 Å². The molecule has 1 heterocycles. The average molecular weight is 417 g/mol. The van der Waals surface area contributed by atoms with Crippen LogP contribution in [0.1, 0.15) is 31.3 Å². The van der Waals surface area contributed by atoms with Crippen LogP contribution in [0.3, 0.4) is 0 Å². The molecule has 0 saturated carbocycles. The minimum Gasteiger partial charge on any atom is -0.364 e. The molecule has 11 heteroatoms. The lowest BCUT2D eigenvalue weighted by Crippen LogP contribution is -2.22. The quantitative estimate of drug-likeness (QED) is 0.591. The second kappa shape index (κ2) is 8.07. The number of carbonyl (C=O) groups is 3. The monoisotopic (exact) mass is 417 g/mol. The number of amides is 3. The van der Waals surface area contributed by atoms with E-state index in [4.69, 9.17) is 5.73 Å². The molecule has 3 aromatic rings. The Morgan fingerprint density at radius 3 is 1.93 bits per heavy atom. The number of carbonyl (C=O) groups excluding carboxylic acids is 3. The molecule has 3 rings (SSSR count). The van der Waals surface area contributed by atoms with Crippen molar-refractivity contribution >= 4 is 29.1 Å². The van der Waals surface area contributed by atoms with Crippen LogP contribution >= 0.6 is 0 Å². The van der Waals surface area contributed by atoms with Gasteiger partial charge in [0.1, 0.15) is 28.7 Å². The van der Waals surface area contributed by atoms with Gasteiger partial charge in [-0.05, 0) is 24.3 Å². The Bertz CT molecular complexity index is 1140. The van der Waals surface area contributed by atoms with Gasteiger partial charge in [-0.2, -0.15) is 0 Å². The topological polar surface area (TPSA) is 119 Å². The summed E-state index contributed by atoms with van der Waals surface area (Å²) >= 11 is 0. The van der Waals surface area contributed by atoms with Crippen LogP contribution < -0.4 is 16.4 Å². The normalized spacial score (nSPS) is 10.5. The molecule has 0 bridgehead atoms. The average Bonchev–Trinajstić information content (AvgIpc) is 3.04. The Kier molecular flexibility index (Phi) is 5.54. The van der Waals surface area contributed by atoms with Crippen molar-refractivity contribution in [1.29, 1.82) is 0 Å². The third kappa shape index (κ3) is 4.14. The molecule has 8 nitrogen and oxygen atoms in total. The first-order valence-corrected chi connectivity index (χ1v) is 8.35. The van der Waals surface area contributed by atoms with Gasteiger partial charge >= 0.3 is 0 Å². The van der Waals surface area contributed by atoms with Crippen molar-refractivity contribution in [3.8, 4) is 0 Å². The molecule has 30 heavy (non-hydrogen) atoms. The van der Waals surface area contributed by atoms with Crippen LogP contribution in [-0.4, -0.2) is 27.3 Å². The van der Waals surface area contributed by atoms with Gasteiger partial charge in [0, 0.05) is 30.6 Å². The maximum atomic E-state index is 13.7. The van der Waals surface area contributed by atoms with Gasteiger partial charge in [-0.25, -0.2) is 18.2 Å². The molecule has 0 aliphatic rings.